The Morgan fingerprint density at radius 2 is 2.14 bits per heavy atom. The average Bonchev–Trinajstić information content (AvgIpc) is 2.92. The number of esters is 1. The minimum atomic E-state index is -0.619. The van der Waals surface area contributed by atoms with Crippen LogP contribution in [-0.2, 0) is 14.3 Å². The first-order chi connectivity index (χ1) is 10.0. The van der Waals surface area contributed by atoms with E-state index in [1.54, 1.807) is 32.9 Å². The second-order valence-corrected chi connectivity index (χ2v) is 4.52. The van der Waals surface area contributed by atoms with Crippen molar-refractivity contribution in [2.45, 2.75) is 20.8 Å². The van der Waals surface area contributed by atoms with Gasteiger partial charge < -0.3 is 9.47 Å². The third-order valence-electron chi connectivity index (χ3n) is 2.37. The number of aromatic nitrogens is 2. The molecule has 0 bridgehead atoms. The van der Waals surface area contributed by atoms with Crippen molar-refractivity contribution in [2.24, 2.45) is 0 Å². The van der Waals surface area contributed by atoms with Gasteiger partial charge in [-0.3, -0.25) is 10.1 Å². The molecule has 0 aliphatic rings. The summed E-state index contributed by atoms with van der Waals surface area (Å²) >= 11 is 0.905. The highest BCUT2D eigenvalue weighted by Gasteiger charge is 2.17. The van der Waals surface area contributed by atoms with E-state index in [1.807, 2.05) is 0 Å². The molecule has 1 amide bonds. The van der Waals surface area contributed by atoms with Crippen LogP contribution in [0.4, 0.5) is 5.13 Å². The van der Waals surface area contributed by atoms with Gasteiger partial charge in [0.25, 0.3) is 11.7 Å². The van der Waals surface area contributed by atoms with E-state index in [2.05, 4.69) is 14.7 Å². The van der Waals surface area contributed by atoms with Crippen molar-refractivity contribution in [1.82, 2.24) is 9.36 Å². The normalized spacial score (nSPS) is 12.0. The Bertz CT molecular complexity index is 578. The zero-order valence-electron chi connectivity index (χ0n) is 12.3. The van der Waals surface area contributed by atoms with E-state index < -0.39 is 5.97 Å². The van der Waals surface area contributed by atoms with E-state index in [0.717, 1.165) is 11.5 Å². The predicted octanol–water partition coefficient (Wildman–Crippen LogP) is 2.15. The Balaban J connectivity index is 2.86. The van der Waals surface area contributed by atoms with Crippen LogP contribution in [0.25, 0.3) is 0 Å². The maximum Gasteiger partial charge on any atom is 0.377 e. The van der Waals surface area contributed by atoms with Crippen LogP contribution in [0.1, 0.15) is 31.4 Å². The lowest BCUT2D eigenvalue weighted by Crippen LogP contribution is -2.15. The molecule has 0 aliphatic heterocycles. The van der Waals surface area contributed by atoms with Crippen molar-refractivity contribution in [1.29, 1.82) is 0 Å². The maximum absolute atomic E-state index is 12.1. The summed E-state index contributed by atoms with van der Waals surface area (Å²) in [6.45, 7) is 5.40. The summed E-state index contributed by atoms with van der Waals surface area (Å²) in [5.41, 5.74) is 0.368. The molecule has 0 atom stereocenters. The number of nitrogens with zero attached hydrogens (tertiary/aromatic N) is 2. The number of nitrogens with one attached hydrogen (secondary N) is 1. The lowest BCUT2D eigenvalue weighted by Gasteiger charge is -2.06. The molecule has 0 aliphatic carbocycles. The molecule has 0 saturated heterocycles. The van der Waals surface area contributed by atoms with Crippen molar-refractivity contribution >= 4 is 28.5 Å². The highest BCUT2D eigenvalue weighted by Crippen LogP contribution is 2.15. The molecule has 0 unspecified atom stereocenters. The fourth-order valence-electron chi connectivity index (χ4n) is 1.35. The number of hydrogen-bond donors (Lipinski definition) is 1. The molecule has 0 radical (unpaired) electrons. The van der Waals surface area contributed by atoms with Crippen LogP contribution in [0.5, 0.6) is 0 Å². The van der Waals surface area contributed by atoms with Crippen LogP contribution in [-0.4, -0.2) is 35.0 Å². The number of carbonyl (C=O) groups excluding carboxylic acids is 2. The summed E-state index contributed by atoms with van der Waals surface area (Å²) in [7, 11) is 1.48. The highest BCUT2D eigenvalue weighted by atomic mass is 32.1. The molecular weight excluding hydrogens is 294 g/mol. The largest absolute Gasteiger partial charge is 0.501 e. The Morgan fingerprint density at radius 3 is 2.71 bits per heavy atom. The summed E-state index contributed by atoms with van der Waals surface area (Å²) in [4.78, 5) is 27.5. The van der Waals surface area contributed by atoms with E-state index in [4.69, 9.17) is 9.47 Å². The smallest absolute Gasteiger partial charge is 0.377 e. The van der Waals surface area contributed by atoms with Gasteiger partial charge in [-0.15, -0.1) is 0 Å². The molecule has 114 valence electrons. The van der Waals surface area contributed by atoms with Crippen LogP contribution in [0.15, 0.2) is 23.5 Å². The van der Waals surface area contributed by atoms with Gasteiger partial charge >= 0.3 is 5.97 Å². The molecule has 0 aromatic carbocycles. The van der Waals surface area contributed by atoms with Gasteiger partial charge in [-0.2, -0.15) is 9.36 Å². The van der Waals surface area contributed by atoms with Crippen LogP contribution >= 0.6 is 11.5 Å². The van der Waals surface area contributed by atoms with Crippen molar-refractivity contribution in [3.63, 3.8) is 0 Å². The number of ether oxygens (including phenoxy) is 2. The van der Waals surface area contributed by atoms with Crippen molar-refractivity contribution in [2.75, 3.05) is 19.0 Å². The number of anilines is 1. The van der Waals surface area contributed by atoms with Gasteiger partial charge in [0.1, 0.15) is 5.76 Å². The van der Waals surface area contributed by atoms with Gasteiger partial charge in [0.2, 0.25) is 5.13 Å². The molecule has 1 aromatic heterocycles. The Hall–Kier alpha value is -2.22. The summed E-state index contributed by atoms with van der Waals surface area (Å²) in [5.74, 6) is -0.608. The highest BCUT2D eigenvalue weighted by molar-refractivity contribution is 7.10. The van der Waals surface area contributed by atoms with Crippen molar-refractivity contribution in [3.05, 3.63) is 29.3 Å². The number of carbonyl (C=O) groups is 2. The minimum Gasteiger partial charge on any atom is -0.501 e. The van der Waals surface area contributed by atoms with Crippen LogP contribution < -0.4 is 5.32 Å². The van der Waals surface area contributed by atoms with Gasteiger partial charge in [-0.05, 0) is 20.8 Å². The maximum atomic E-state index is 12.1. The second-order valence-electron chi connectivity index (χ2n) is 3.77. The van der Waals surface area contributed by atoms with E-state index in [-0.39, 0.29) is 23.5 Å². The fourth-order valence-corrected chi connectivity index (χ4v) is 1.90. The first-order valence-electron chi connectivity index (χ1n) is 6.23. The first-order valence-corrected chi connectivity index (χ1v) is 7.00. The SMILES string of the molecule is CC=CC(C(=O)Nc1nc(C(=O)OCC)ns1)=C(C)OC. The molecule has 1 N–H and O–H groups in total. The summed E-state index contributed by atoms with van der Waals surface area (Å²) < 4.78 is 13.7. The quantitative estimate of drug-likeness (QED) is 0.375. The molecule has 1 heterocycles. The van der Waals surface area contributed by atoms with Gasteiger partial charge in [0.05, 0.1) is 19.3 Å². The topological polar surface area (TPSA) is 90.4 Å². The van der Waals surface area contributed by atoms with Gasteiger partial charge in [0.15, 0.2) is 0 Å². The third-order valence-corrected chi connectivity index (χ3v) is 3.00. The number of methoxy groups -OCH3 is 1. The van der Waals surface area contributed by atoms with Gasteiger partial charge in [0, 0.05) is 11.5 Å². The van der Waals surface area contributed by atoms with E-state index in [1.165, 1.54) is 7.11 Å². The predicted molar refractivity (Wildman–Crippen MR) is 79.0 cm³/mol. The van der Waals surface area contributed by atoms with Crippen LogP contribution in [0.2, 0.25) is 0 Å². The Morgan fingerprint density at radius 1 is 1.43 bits per heavy atom. The summed E-state index contributed by atoms with van der Waals surface area (Å²) in [6.07, 6.45) is 3.35. The minimum absolute atomic E-state index is 0.0721. The average molecular weight is 311 g/mol. The molecular formula is C13H17N3O4S. The van der Waals surface area contributed by atoms with E-state index in [9.17, 15) is 9.59 Å². The Kier molecular flexibility index (Phi) is 6.54. The molecule has 21 heavy (non-hydrogen) atoms. The van der Waals surface area contributed by atoms with Crippen LogP contribution in [0.3, 0.4) is 0 Å². The standard InChI is InChI=1S/C13H17N3O4S/c1-5-7-9(8(3)19-4)11(17)15-13-14-10(16-21-13)12(18)20-6-2/h5,7H,6H2,1-4H3,(H,14,15,16,17). The van der Waals surface area contributed by atoms with Crippen molar-refractivity contribution < 1.29 is 19.1 Å². The zero-order chi connectivity index (χ0) is 15.8. The first kappa shape index (κ1) is 16.8. The lowest BCUT2D eigenvalue weighted by atomic mass is 10.2. The fraction of sp³-hybridized carbons (Fsp3) is 0.385. The van der Waals surface area contributed by atoms with E-state index >= 15 is 0 Å². The molecule has 0 spiro atoms. The molecule has 1 aromatic rings. The number of hydrogen-bond acceptors (Lipinski definition) is 7. The third kappa shape index (κ3) is 4.67. The Labute approximate surface area is 126 Å². The van der Waals surface area contributed by atoms with Crippen LogP contribution in [0, 0.1) is 0 Å². The number of amides is 1. The molecule has 8 heteroatoms. The monoisotopic (exact) mass is 311 g/mol. The van der Waals surface area contributed by atoms with Gasteiger partial charge in [-0.1, -0.05) is 12.2 Å². The summed E-state index contributed by atoms with van der Waals surface area (Å²) in [6, 6.07) is 0. The number of rotatable bonds is 6. The number of allylic oxidation sites excluding steroid dienone is 2. The van der Waals surface area contributed by atoms with E-state index in [0.29, 0.717) is 11.3 Å². The molecule has 7 nitrogen and oxygen atoms in total. The second kappa shape index (κ2) is 8.15. The molecule has 1 rings (SSSR count). The van der Waals surface area contributed by atoms with Crippen molar-refractivity contribution in [3.8, 4) is 0 Å². The molecule has 0 fully saturated rings. The molecule has 0 saturated carbocycles. The lowest BCUT2D eigenvalue weighted by molar-refractivity contribution is -0.112. The summed E-state index contributed by atoms with van der Waals surface area (Å²) in [5, 5.41) is 2.79. The van der Waals surface area contributed by atoms with Gasteiger partial charge in [-0.25, -0.2) is 4.79 Å². The zero-order valence-corrected chi connectivity index (χ0v) is 13.1.